The zero-order chi connectivity index (χ0) is 23.1. The maximum Gasteiger partial charge on any atom is 0.343 e. The number of benzene rings is 3. The van der Waals surface area contributed by atoms with Gasteiger partial charge < -0.3 is 10.1 Å². The number of hydrazone groups is 1. The van der Waals surface area contributed by atoms with E-state index in [1.54, 1.807) is 49.4 Å². The number of nitrogens with zero attached hydrogens (tertiary/aromatic N) is 1. The number of rotatable bonds is 5. The number of nitrogens with one attached hydrogen (secondary N) is 2. The number of para-hydroxylation sites is 1. The van der Waals surface area contributed by atoms with Crippen LogP contribution in [0.5, 0.6) is 5.75 Å². The van der Waals surface area contributed by atoms with Crippen molar-refractivity contribution in [2.24, 2.45) is 5.10 Å². The first-order valence-electron chi connectivity index (χ1n) is 9.32. The van der Waals surface area contributed by atoms with Crippen molar-refractivity contribution in [1.82, 2.24) is 5.43 Å². The Morgan fingerprint density at radius 2 is 1.62 bits per heavy atom. The van der Waals surface area contributed by atoms with Crippen LogP contribution in [-0.2, 0) is 9.59 Å². The molecule has 0 radical (unpaired) electrons. The Kier molecular flexibility index (Phi) is 7.30. The Labute approximate surface area is 187 Å². The zero-order valence-electron chi connectivity index (χ0n) is 16.8. The molecule has 2 amide bonds. The van der Waals surface area contributed by atoms with E-state index in [0.717, 1.165) is 6.07 Å². The molecule has 162 valence electrons. The number of hydrogen-bond donors (Lipinski definition) is 2. The van der Waals surface area contributed by atoms with Gasteiger partial charge in [0.15, 0.2) is 0 Å². The van der Waals surface area contributed by atoms with Gasteiger partial charge in [-0.25, -0.2) is 14.6 Å². The van der Waals surface area contributed by atoms with Crippen molar-refractivity contribution in [2.45, 2.75) is 6.92 Å². The molecule has 0 heterocycles. The second-order valence-corrected chi connectivity index (χ2v) is 6.93. The average molecular weight is 454 g/mol. The van der Waals surface area contributed by atoms with Crippen LogP contribution in [0.25, 0.3) is 0 Å². The molecule has 32 heavy (non-hydrogen) atoms. The molecule has 0 atom stereocenters. The molecule has 3 aromatic carbocycles. The first-order chi connectivity index (χ1) is 15.3. The van der Waals surface area contributed by atoms with Crippen LogP contribution in [0.1, 0.15) is 22.8 Å². The highest BCUT2D eigenvalue weighted by molar-refractivity contribution is 6.39. The highest BCUT2D eigenvalue weighted by Gasteiger charge is 2.15. The lowest BCUT2D eigenvalue weighted by Crippen LogP contribution is -2.33. The van der Waals surface area contributed by atoms with Crippen molar-refractivity contribution in [3.63, 3.8) is 0 Å². The smallest absolute Gasteiger partial charge is 0.343 e. The summed E-state index contributed by atoms with van der Waals surface area (Å²) in [7, 11) is 0. The first-order valence-corrected chi connectivity index (χ1v) is 9.69. The van der Waals surface area contributed by atoms with Crippen LogP contribution in [0, 0.1) is 5.82 Å². The zero-order valence-corrected chi connectivity index (χ0v) is 17.5. The molecular formula is C23H17ClFN3O4. The third kappa shape index (κ3) is 5.99. The number of esters is 1. The lowest BCUT2D eigenvalue weighted by atomic mass is 10.1. The van der Waals surface area contributed by atoms with Gasteiger partial charge in [-0.2, -0.15) is 5.10 Å². The molecule has 7 nitrogen and oxygen atoms in total. The fourth-order valence-corrected chi connectivity index (χ4v) is 2.73. The minimum Gasteiger partial charge on any atom is -0.423 e. The van der Waals surface area contributed by atoms with Gasteiger partial charge in [-0.1, -0.05) is 29.8 Å². The molecule has 0 spiro atoms. The summed E-state index contributed by atoms with van der Waals surface area (Å²) in [6, 6.07) is 18.2. The Hall–Kier alpha value is -4.04. The number of anilines is 1. The monoisotopic (exact) mass is 453 g/mol. The first kappa shape index (κ1) is 22.6. The number of carbonyl (C=O) groups excluding carboxylic acids is 3. The molecule has 0 saturated carbocycles. The van der Waals surface area contributed by atoms with Crippen LogP contribution in [0.3, 0.4) is 0 Å². The van der Waals surface area contributed by atoms with Crippen LogP contribution < -0.4 is 15.5 Å². The fraction of sp³-hybridized carbons (Fsp3) is 0.0435. The maximum atomic E-state index is 13.6. The quantitative estimate of drug-likeness (QED) is 0.199. The number of amides is 2. The molecule has 2 N–H and O–H groups in total. The van der Waals surface area contributed by atoms with Crippen molar-refractivity contribution < 1.29 is 23.5 Å². The Balaban J connectivity index is 1.58. The lowest BCUT2D eigenvalue weighted by molar-refractivity contribution is -0.136. The Bertz CT molecular complexity index is 1200. The largest absolute Gasteiger partial charge is 0.423 e. The summed E-state index contributed by atoms with van der Waals surface area (Å²) in [6.07, 6.45) is 0. The van der Waals surface area contributed by atoms with Crippen LogP contribution >= 0.6 is 11.6 Å². The normalized spacial score (nSPS) is 10.9. The van der Waals surface area contributed by atoms with Crippen LogP contribution in [0.2, 0.25) is 5.02 Å². The van der Waals surface area contributed by atoms with Gasteiger partial charge in [-0.05, 0) is 67.1 Å². The van der Waals surface area contributed by atoms with Crippen molar-refractivity contribution in [3.05, 3.63) is 94.8 Å². The topological polar surface area (TPSA) is 96.9 Å². The highest BCUT2D eigenvalue weighted by Crippen LogP contribution is 2.17. The highest BCUT2D eigenvalue weighted by atomic mass is 35.5. The van der Waals surface area contributed by atoms with Gasteiger partial charge in [0.25, 0.3) is 0 Å². The van der Waals surface area contributed by atoms with Crippen molar-refractivity contribution in [3.8, 4) is 5.75 Å². The van der Waals surface area contributed by atoms with Gasteiger partial charge in [0.05, 0.1) is 17.0 Å². The number of ether oxygens (including phenoxy) is 1. The van der Waals surface area contributed by atoms with Crippen molar-refractivity contribution in [1.29, 1.82) is 0 Å². The van der Waals surface area contributed by atoms with Crippen LogP contribution in [-0.4, -0.2) is 23.5 Å². The third-order valence-corrected chi connectivity index (χ3v) is 4.43. The average Bonchev–Trinajstić information content (AvgIpc) is 2.79. The Morgan fingerprint density at radius 1 is 0.906 bits per heavy atom. The molecule has 3 rings (SSSR count). The van der Waals surface area contributed by atoms with Gasteiger partial charge in [-0.15, -0.1) is 0 Å². The Morgan fingerprint density at radius 3 is 2.31 bits per heavy atom. The van der Waals surface area contributed by atoms with E-state index in [1.807, 2.05) is 0 Å². The number of halogens is 2. The van der Waals surface area contributed by atoms with E-state index in [2.05, 4.69) is 15.8 Å². The molecule has 0 fully saturated rings. The van der Waals surface area contributed by atoms with E-state index in [9.17, 15) is 18.8 Å². The number of carbonyl (C=O) groups is 3. The van der Waals surface area contributed by atoms with Crippen LogP contribution in [0.15, 0.2) is 77.9 Å². The third-order valence-electron chi connectivity index (χ3n) is 4.20. The summed E-state index contributed by atoms with van der Waals surface area (Å²) in [6.45, 7) is 1.61. The molecule has 0 saturated heterocycles. The molecule has 0 aromatic heterocycles. The SMILES string of the molecule is CC(=NNC(=O)C(=O)Nc1ccccc1F)c1ccc(OC(=O)c2cccc(Cl)c2)cc1. The van der Waals surface area contributed by atoms with E-state index in [1.165, 1.54) is 24.3 Å². The summed E-state index contributed by atoms with van der Waals surface area (Å²) < 4.78 is 18.9. The van der Waals surface area contributed by atoms with Crippen molar-refractivity contribution in [2.75, 3.05) is 5.32 Å². The van der Waals surface area contributed by atoms with E-state index in [-0.39, 0.29) is 5.69 Å². The molecule has 3 aromatic rings. The summed E-state index contributed by atoms with van der Waals surface area (Å²) in [5, 5.41) is 6.45. The summed E-state index contributed by atoms with van der Waals surface area (Å²) in [5.41, 5.74) is 3.32. The minimum atomic E-state index is -1.06. The molecule has 0 unspecified atom stereocenters. The van der Waals surface area contributed by atoms with E-state index in [4.69, 9.17) is 16.3 Å². The molecular weight excluding hydrogens is 437 g/mol. The van der Waals surface area contributed by atoms with Gasteiger partial charge in [0.2, 0.25) is 0 Å². The van der Waals surface area contributed by atoms with E-state index in [0.29, 0.717) is 27.6 Å². The lowest BCUT2D eigenvalue weighted by Gasteiger charge is -2.07. The number of hydrogen-bond acceptors (Lipinski definition) is 5. The van der Waals surface area contributed by atoms with Crippen LogP contribution in [0.4, 0.5) is 10.1 Å². The summed E-state index contributed by atoms with van der Waals surface area (Å²) in [5.74, 6) is -3.03. The molecule has 0 bridgehead atoms. The van der Waals surface area contributed by atoms with Gasteiger partial charge in [0, 0.05) is 5.02 Å². The minimum absolute atomic E-state index is 0.115. The van der Waals surface area contributed by atoms with E-state index >= 15 is 0 Å². The fourth-order valence-electron chi connectivity index (χ4n) is 2.54. The predicted molar refractivity (Wildman–Crippen MR) is 118 cm³/mol. The van der Waals surface area contributed by atoms with E-state index < -0.39 is 23.6 Å². The second-order valence-electron chi connectivity index (χ2n) is 6.50. The second kappa shape index (κ2) is 10.3. The maximum absolute atomic E-state index is 13.6. The summed E-state index contributed by atoms with van der Waals surface area (Å²) >= 11 is 5.87. The van der Waals surface area contributed by atoms with Gasteiger partial charge >= 0.3 is 17.8 Å². The van der Waals surface area contributed by atoms with Gasteiger partial charge in [-0.3, -0.25) is 9.59 Å². The van der Waals surface area contributed by atoms with Gasteiger partial charge in [0.1, 0.15) is 11.6 Å². The predicted octanol–water partition coefficient (Wildman–Crippen LogP) is 4.18. The molecule has 0 aliphatic carbocycles. The molecule has 9 heteroatoms. The standard InChI is InChI=1S/C23H17ClFN3O4/c1-14(27-28-22(30)21(29)26-20-8-3-2-7-19(20)25)15-9-11-18(12-10-15)32-23(31)16-5-4-6-17(24)13-16/h2-13H,1H3,(H,26,29)(H,28,30). The molecule has 0 aliphatic heterocycles. The summed E-state index contributed by atoms with van der Waals surface area (Å²) in [4.78, 5) is 36.0. The molecule has 0 aliphatic rings. The van der Waals surface area contributed by atoms with Crippen molar-refractivity contribution >= 4 is 40.8 Å².